The molecule has 0 unspecified atom stereocenters. The molecule has 108 valence electrons. The van der Waals surface area contributed by atoms with Crippen LogP contribution in [-0.4, -0.2) is 49.3 Å². The van der Waals surface area contributed by atoms with Crippen LogP contribution in [0.5, 0.6) is 0 Å². The summed E-state index contributed by atoms with van der Waals surface area (Å²) in [7, 11) is -3.69. The lowest BCUT2D eigenvalue weighted by atomic mass is 9.94. The van der Waals surface area contributed by atoms with Crippen LogP contribution in [0.15, 0.2) is 27.6 Å². The summed E-state index contributed by atoms with van der Waals surface area (Å²) in [5.74, 6) is -0.509. The molecule has 19 heavy (non-hydrogen) atoms. The fourth-order valence-electron chi connectivity index (χ4n) is 1.58. The topological polar surface area (TPSA) is 94.8 Å². The van der Waals surface area contributed by atoms with E-state index in [2.05, 4.69) is 15.9 Å². The van der Waals surface area contributed by atoms with Crippen molar-refractivity contribution in [2.45, 2.75) is 11.8 Å². The van der Waals surface area contributed by atoms with Gasteiger partial charge in [0.1, 0.15) is 0 Å². The van der Waals surface area contributed by atoms with E-state index in [-0.39, 0.29) is 4.90 Å². The molecule has 1 aromatic carbocycles. The highest BCUT2D eigenvalue weighted by molar-refractivity contribution is 9.10. The molecule has 5 nitrogen and oxygen atoms in total. The maximum absolute atomic E-state index is 12.2. The number of aliphatic hydroxyl groups is 3. The minimum Gasteiger partial charge on any atom is -0.396 e. The number of rotatable bonds is 6. The first kappa shape index (κ1) is 16.6. The summed E-state index contributed by atoms with van der Waals surface area (Å²) in [5, 5.41) is 27.6. The summed E-state index contributed by atoms with van der Waals surface area (Å²) >= 11 is 3.28. The van der Waals surface area contributed by atoms with E-state index in [1.54, 1.807) is 13.0 Å². The Bertz CT molecular complexity index is 529. The number of sulfone groups is 1. The van der Waals surface area contributed by atoms with Crippen LogP contribution in [0.2, 0.25) is 0 Å². The van der Waals surface area contributed by atoms with Crippen molar-refractivity contribution in [3.8, 4) is 0 Å². The van der Waals surface area contributed by atoms with E-state index in [0.717, 1.165) is 10.0 Å². The lowest BCUT2D eigenvalue weighted by molar-refractivity contribution is 0.0224. The van der Waals surface area contributed by atoms with E-state index in [1.807, 2.05) is 0 Å². The van der Waals surface area contributed by atoms with Gasteiger partial charge in [0.05, 0.1) is 35.9 Å². The van der Waals surface area contributed by atoms with Crippen LogP contribution < -0.4 is 0 Å². The quantitative estimate of drug-likeness (QED) is 0.692. The largest absolute Gasteiger partial charge is 0.396 e. The maximum atomic E-state index is 12.2. The third-order valence-corrected chi connectivity index (χ3v) is 5.85. The number of benzene rings is 1. The molecular formula is C12H17BrO5S. The first-order chi connectivity index (χ1) is 8.80. The zero-order valence-corrected chi connectivity index (χ0v) is 12.9. The van der Waals surface area contributed by atoms with Gasteiger partial charge < -0.3 is 15.3 Å². The Balaban J connectivity index is 3.14. The van der Waals surface area contributed by atoms with Gasteiger partial charge in [-0.05, 0) is 30.7 Å². The van der Waals surface area contributed by atoms with Gasteiger partial charge in [-0.15, -0.1) is 0 Å². The van der Waals surface area contributed by atoms with Crippen LogP contribution in [0, 0.1) is 12.3 Å². The molecule has 0 bridgehead atoms. The van der Waals surface area contributed by atoms with Crippen LogP contribution in [0.25, 0.3) is 0 Å². The summed E-state index contributed by atoms with van der Waals surface area (Å²) in [6.45, 7) is -0.0430. The van der Waals surface area contributed by atoms with E-state index >= 15 is 0 Å². The third kappa shape index (κ3) is 3.76. The number of aliphatic hydroxyl groups excluding tert-OH is 3. The molecule has 0 aromatic heterocycles. The number of hydrogen-bond donors (Lipinski definition) is 3. The van der Waals surface area contributed by atoms with E-state index < -0.39 is 40.8 Å². The van der Waals surface area contributed by atoms with E-state index in [0.29, 0.717) is 0 Å². The third-order valence-electron chi connectivity index (χ3n) is 2.99. The van der Waals surface area contributed by atoms with Gasteiger partial charge in [0.15, 0.2) is 9.84 Å². The van der Waals surface area contributed by atoms with Gasteiger partial charge in [-0.25, -0.2) is 8.42 Å². The number of aryl methyl sites for hydroxylation is 1. The van der Waals surface area contributed by atoms with Gasteiger partial charge in [0, 0.05) is 4.47 Å². The Hall–Kier alpha value is -0.470. The van der Waals surface area contributed by atoms with E-state index in [9.17, 15) is 23.7 Å². The predicted molar refractivity (Wildman–Crippen MR) is 74.6 cm³/mol. The minimum absolute atomic E-state index is 0.105. The van der Waals surface area contributed by atoms with E-state index in [4.69, 9.17) is 0 Å². The molecule has 0 saturated heterocycles. The highest BCUT2D eigenvalue weighted by Crippen LogP contribution is 2.25. The van der Waals surface area contributed by atoms with Gasteiger partial charge >= 0.3 is 0 Å². The van der Waals surface area contributed by atoms with Crippen LogP contribution in [0.4, 0.5) is 0 Å². The lowest BCUT2D eigenvalue weighted by Crippen LogP contribution is -2.40. The van der Waals surface area contributed by atoms with Crippen molar-refractivity contribution < 1.29 is 23.7 Å². The Labute approximate surface area is 120 Å². The second-order valence-corrected chi connectivity index (χ2v) is 7.49. The minimum atomic E-state index is -3.69. The normalized spacial score (nSPS) is 12.7. The Morgan fingerprint density at radius 2 is 1.68 bits per heavy atom. The van der Waals surface area contributed by atoms with Crippen molar-refractivity contribution in [2.75, 3.05) is 25.6 Å². The summed E-state index contributed by atoms with van der Waals surface area (Å²) in [4.78, 5) is 0.105. The van der Waals surface area contributed by atoms with Crippen molar-refractivity contribution in [3.63, 3.8) is 0 Å². The van der Waals surface area contributed by atoms with Crippen molar-refractivity contribution in [1.82, 2.24) is 0 Å². The average Bonchev–Trinajstić information content (AvgIpc) is 2.39. The summed E-state index contributed by atoms with van der Waals surface area (Å²) in [6, 6.07) is 4.58. The predicted octanol–water partition coefficient (Wildman–Crippen LogP) is 0.495. The van der Waals surface area contributed by atoms with Crippen molar-refractivity contribution in [3.05, 3.63) is 28.2 Å². The molecule has 0 radical (unpaired) electrons. The van der Waals surface area contributed by atoms with Crippen LogP contribution >= 0.6 is 15.9 Å². The van der Waals surface area contributed by atoms with Gasteiger partial charge in [-0.1, -0.05) is 15.9 Å². The molecule has 0 saturated carbocycles. The van der Waals surface area contributed by atoms with Gasteiger partial charge in [0.25, 0.3) is 0 Å². The zero-order valence-electron chi connectivity index (χ0n) is 10.5. The average molecular weight is 353 g/mol. The van der Waals surface area contributed by atoms with Gasteiger partial charge in [-0.2, -0.15) is 0 Å². The molecule has 0 atom stereocenters. The van der Waals surface area contributed by atoms with Gasteiger partial charge in [0.2, 0.25) is 0 Å². The summed E-state index contributed by atoms with van der Waals surface area (Å²) in [6.07, 6.45) is 0. The van der Waals surface area contributed by atoms with Crippen molar-refractivity contribution >= 4 is 25.8 Å². The summed E-state index contributed by atoms with van der Waals surface area (Å²) < 4.78 is 25.3. The van der Waals surface area contributed by atoms with Crippen molar-refractivity contribution in [2.24, 2.45) is 5.41 Å². The molecule has 0 aliphatic heterocycles. The molecule has 3 N–H and O–H groups in total. The highest BCUT2D eigenvalue weighted by Gasteiger charge is 2.35. The number of hydrogen-bond acceptors (Lipinski definition) is 5. The molecule has 1 rings (SSSR count). The Morgan fingerprint density at radius 3 is 2.11 bits per heavy atom. The standard InChI is InChI=1S/C12H17BrO5S/c1-9-4-10(2-3-11(9)13)19(17,18)8-12(5-14,6-15)7-16/h2-4,14-16H,5-8H2,1H3. The molecule has 1 aromatic rings. The van der Waals surface area contributed by atoms with Crippen LogP contribution in [0.3, 0.4) is 0 Å². The monoisotopic (exact) mass is 352 g/mol. The fraction of sp³-hybridized carbons (Fsp3) is 0.500. The molecular weight excluding hydrogens is 336 g/mol. The second kappa shape index (κ2) is 6.32. The maximum Gasteiger partial charge on any atom is 0.179 e. The Morgan fingerprint density at radius 1 is 1.16 bits per heavy atom. The molecule has 0 heterocycles. The summed E-state index contributed by atoms with van der Waals surface area (Å²) in [5.41, 5.74) is -0.663. The van der Waals surface area contributed by atoms with E-state index in [1.165, 1.54) is 12.1 Å². The zero-order chi connectivity index (χ0) is 14.7. The molecule has 0 fully saturated rings. The van der Waals surface area contributed by atoms with Crippen LogP contribution in [-0.2, 0) is 9.84 Å². The van der Waals surface area contributed by atoms with Gasteiger partial charge in [-0.3, -0.25) is 0 Å². The highest BCUT2D eigenvalue weighted by atomic mass is 79.9. The van der Waals surface area contributed by atoms with Crippen LogP contribution in [0.1, 0.15) is 5.56 Å². The lowest BCUT2D eigenvalue weighted by Gasteiger charge is -2.26. The van der Waals surface area contributed by atoms with Crippen molar-refractivity contribution in [1.29, 1.82) is 0 Å². The SMILES string of the molecule is Cc1cc(S(=O)(=O)CC(CO)(CO)CO)ccc1Br. The Kier molecular flexibility index (Phi) is 5.52. The molecule has 0 amide bonds. The molecule has 0 aliphatic rings. The molecule has 0 spiro atoms. The molecule has 7 heteroatoms. The first-order valence-electron chi connectivity index (χ1n) is 5.62. The smallest absolute Gasteiger partial charge is 0.179 e. The number of halogens is 1. The second-order valence-electron chi connectivity index (χ2n) is 4.64. The fourth-order valence-corrected chi connectivity index (χ4v) is 3.71. The molecule has 0 aliphatic carbocycles. The first-order valence-corrected chi connectivity index (χ1v) is 8.06.